The molecule has 0 saturated heterocycles. The van der Waals surface area contributed by atoms with Crippen LogP contribution in [0.4, 0.5) is 9.18 Å². The van der Waals surface area contributed by atoms with E-state index < -0.39 is 5.82 Å². The Kier molecular flexibility index (Phi) is 7.15. The fourth-order valence-corrected chi connectivity index (χ4v) is 2.49. The average molecular weight is 371 g/mol. The Morgan fingerprint density at radius 3 is 2.58 bits per heavy atom. The van der Waals surface area contributed by atoms with E-state index in [9.17, 15) is 9.18 Å². The van der Waals surface area contributed by atoms with Gasteiger partial charge in [0.15, 0.2) is 11.6 Å². The van der Waals surface area contributed by atoms with Gasteiger partial charge < -0.3 is 15.4 Å². The van der Waals surface area contributed by atoms with Crippen molar-refractivity contribution in [3.63, 3.8) is 0 Å². The van der Waals surface area contributed by atoms with Crippen LogP contribution in [0.3, 0.4) is 0 Å². The second kappa shape index (κ2) is 9.35. The first-order chi connectivity index (χ1) is 11.6. The molecule has 4 nitrogen and oxygen atoms in total. The molecule has 0 saturated carbocycles. The van der Waals surface area contributed by atoms with E-state index >= 15 is 0 Å². The topological polar surface area (TPSA) is 50.4 Å². The van der Waals surface area contributed by atoms with Crippen LogP contribution < -0.4 is 15.4 Å². The smallest absolute Gasteiger partial charge is 0.314 e. The van der Waals surface area contributed by atoms with E-state index in [1.165, 1.54) is 12.1 Å². The number of rotatable bonds is 7. The van der Waals surface area contributed by atoms with Crippen molar-refractivity contribution in [2.24, 2.45) is 0 Å². The third-order valence-electron chi connectivity index (χ3n) is 3.18. The van der Waals surface area contributed by atoms with E-state index in [2.05, 4.69) is 10.6 Å². The molecule has 0 fully saturated rings. The number of carbonyl (C=O) groups is 1. The maximum Gasteiger partial charge on any atom is 0.314 e. The van der Waals surface area contributed by atoms with E-state index in [1.54, 1.807) is 24.3 Å². The number of halogens is 3. The summed E-state index contributed by atoms with van der Waals surface area (Å²) in [4.78, 5) is 11.6. The summed E-state index contributed by atoms with van der Waals surface area (Å²) >= 11 is 11.9. The fraction of sp³-hybridized carbons (Fsp3) is 0.235. The van der Waals surface area contributed by atoms with Gasteiger partial charge in [0.25, 0.3) is 0 Å². The molecular formula is C17H17Cl2FN2O2. The Morgan fingerprint density at radius 1 is 1.08 bits per heavy atom. The summed E-state index contributed by atoms with van der Waals surface area (Å²) in [7, 11) is 0. The zero-order valence-electron chi connectivity index (χ0n) is 12.8. The van der Waals surface area contributed by atoms with E-state index in [0.29, 0.717) is 23.0 Å². The van der Waals surface area contributed by atoms with Gasteiger partial charge in [-0.15, -0.1) is 0 Å². The lowest BCUT2D eigenvalue weighted by Gasteiger charge is -2.10. The predicted octanol–water partition coefficient (Wildman–Crippen LogP) is 4.05. The van der Waals surface area contributed by atoms with Crippen molar-refractivity contribution in [3.8, 4) is 5.75 Å². The molecule has 0 aliphatic carbocycles. The molecule has 128 valence electrons. The van der Waals surface area contributed by atoms with Crippen molar-refractivity contribution in [1.29, 1.82) is 0 Å². The number of urea groups is 1. The zero-order chi connectivity index (χ0) is 17.4. The summed E-state index contributed by atoms with van der Waals surface area (Å²) < 4.78 is 18.6. The highest BCUT2D eigenvalue weighted by molar-refractivity contribution is 6.35. The SMILES string of the molecule is O=C(NCCOc1ccccc1F)NCCc1ccc(Cl)cc1Cl. The number of hydrogen-bond donors (Lipinski definition) is 2. The molecule has 0 aromatic heterocycles. The van der Waals surface area contributed by atoms with Crippen LogP contribution in [0.1, 0.15) is 5.56 Å². The maximum absolute atomic E-state index is 13.3. The number of para-hydroxylation sites is 1. The Balaban J connectivity index is 1.62. The van der Waals surface area contributed by atoms with Crippen molar-refractivity contribution in [3.05, 3.63) is 63.9 Å². The second-order valence-electron chi connectivity index (χ2n) is 4.95. The summed E-state index contributed by atoms with van der Waals surface area (Å²) in [6.07, 6.45) is 0.592. The largest absolute Gasteiger partial charge is 0.489 e. The summed E-state index contributed by atoms with van der Waals surface area (Å²) in [6, 6.07) is 11.0. The van der Waals surface area contributed by atoms with Crippen LogP contribution in [0.5, 0.6) is 5.75 Å². The van der Waals surface area contributed by atoms with E-state index in [4.69, 9.17) is 27.9 Å². The van der Waals surface area contributed by atoms with Crippen LogP contribution in [-0.2, 0) is 6.42 Å². The van der Waals surface area contributed by atoms with Crippen molar-refractivity contribution in [2.75, 3.05) is 19.7 Å². The van der Waals surface area contributed by atoms with Gasteiger partial charge in [0.1, 0.15) is 6.61 Å². The van der Waals surface area contributed by atoms with Crippen molar-refractivity contribution in [2.45, 2.75) is 6.42 Å². The number of nitrogens with one attached hydrogen (secondary N) is 2. The maximum atomic E-state index is 13.3. The summed E-state index contributed by atoms with van der Waals surface area (Å²) in [5.74, 6) is -0.265. The standard InChI is InChI=1S/C17H17Cl2FN2O2/c18-13-6-5-12(14(19)11-13)7-8-21-17(23)22-9-10-24-16-4-2-1-3-15(16)20/h1-6,11H,7-10H2,(H2,21,22,23). The first kappa shape index (κ1) is 18.4. The lowest BCUT2D eigenvalue weighted by molar-refractivity contribution is 0.236. The summed E-state index contributed by atoms with van der Waals surface area (Å²) in [5.41, 5.74) is 0.907. The fourth-order valence-electron chi connectivity index (χ4n) is 1.98. The minimum atomic E-state index is -0.429. The summed E-state index contributed by atoms with van der Waals surface area (Å²) in [6.45, 7) is 0.876. The molecular weight excluding hydrogens is 354 g/mol. The molecule has 2 aromatic rings. The van der Waals surface area contributed by atoms with Crippen LogP contribution >= 0.6 is 23.2 Å². The monoisotopic (exact) mass is 370 g/mol. The highest BCUT2D eigenvalue weighted by Crippen LogP contribution is 2.21. The lowest BCUT2D eigenvalue weighted by Crippen LogP contribution is -2.38. The summed E-state index contributed by atoms with van der Waals surface area (Å²) in [5, 5.41) is 6.49. The molecule has 2 rings (SSSR count). The van der Waals surface area contributed by atoms with E-state index in [1.807, 2.05) is 6.07 Å². The van der Waals surface area contributed by atoms with E-state index in [0.717, 1.165) is 5.56 Å². The normalized spacial score (nSPS) is 10.3. The number of ether oxygens (including phenoxy) is 1. The third-order valence-corrected chi connectivity index (χ3v) is 3.76. The first-order valence-corrected chi connectivity index (χ1v) is 8.15. The van der Waals surface area contributed by atoms with Gasteiger partial charge in [0, 0.05) is 16.6 Å². The minimum Gasteiger partial charge on any atom is -0.489 e. The van der Waals surface area contributed by atoms with Crippen molar-refractivity contribution in [1.82, 2.24) is 10.6 Å². The Hall–Kier alpha value is -1.98. The third kappa shape index (κ3) is 5.91. The molecule has 0 heterocycles. The molecule has 0 aliphatic rings. The highest BCUT2D eigenvalue weighted by atomic mass is 35.5. The molecule has 0 bridgehead atoms. The van der Waals surface area contributed by atoms with Gasteiger partial charge in [-0.05, 0) is 36.2 Å². The molecule has 24 heavy (non-hydrogen) atoms. The Bertz CT molecular complexity index is 698. The molecule has 0 spiro atoms. The lowest BCUT2D eigenvalue weighted by atomic mass is 10.1. The Labute approximate surface area is 149 Å². The molecule has 0 aliphatic heterocycles. The molecule has 0 atom stereocenters. The van der Waals surface area contributed by atoms with Gasteiger partial charge in [0.05, 0.1) is 6.54 Å². The first-order valence-electron chi connectivity index (χ1n) is 7.39. The zero-order valence-corrected chi connectivity index (χ0v) is 14.3. The quantitative estimate of drug-likeness (QED) is 0.722. The number of benzene rings is 2. The average Bonchev–Trinajstić information content (AvgIpc) is 2.55. The van der Waals surface area contributed by atoms with Gasteiger partial charge >= 0.3 is 6.03 Å². The number of carbonyl (C=O) groups excluding carboxylic acids is 1. The second-order valence-corrected chi connectivity index (χ2v) is 5.79. The molecule has 2 aromatic carbocycles. The van der Waals surface area contributed by atoms with Gasteiger partial charge in [0.2, 0.25) is 0 Å². The van der Waals surface area contributed by atoms with Crippen LogP contribution in [0.25, 0.3) is 0 Å². The highest BCUT2D eigenvalue weighted by Gasteiger charge is 2.04. The van der Waals surface area contributed by atoms with Crippen molar-refractivity contribution >= 4 is 29.2 Å². The van der Waals surface area contributed by atoms with Crippen LogP contribution in [-0.4, -0.2) is 25.7 Å². The number of amides is 2. The van der Waals surface area contributed by atoms with E-state index in [-0.39, 0.29) is 24.9 Å². The van der Waals surface area contributed by atoms with Crippen LogP contribution in [0.15, 0.2) is 42.5 Å². The van der Waals surface area contributed by atoms with Gasteiger partial charge in [-0.1, -0.05) is 41.4 Å². The van der Waals surface area contributed by atoms with Crippen LogP contribution in [0.2, 0.25) is 10.0 Å². The molecule has 2 amide bonds. The molecule has 0 radical (unpaired) electrons. The van der Waals surface area contributed by atoms with Gasteiger partial charge in [-0.25, -0.2) is 9.18 Å². The van der Waals surface area contributed by atoms with Crippen molar-refractivity contribution < 1.29 is 13.9 Å². The molecule has 7 heteroatoms. The van der Waals surface area contributed by atoms with Gasteiger partial charge in [-0.3, -0.25) is 0 Å². The molecule has 0 unspecified atom stereocenters. The van der Waals surface area contributed by atoms with Crippen LogP contribution in [0, 0.1) is 5.82 Å². The Morgan fingerprint density at radius 2 is 1.83 bits per heavy atom. The minimum absolute atomic E-state index is 0.164. The molecule has 2 N–H and O–H groups in total. The predicted molar refractivity (Wildman–Crippen MR) is 93.5 cm³/mol. The van der Waals surface area contributed by atoms with Gasteiger partial charge in [-0.2, -0.15) is 0 Å². The number of hydrogen-bond acceptors (Lipinski definition) is 2.